The second-order valence-corrected chi connectivity index (χ2v) is 11.5. The van der Waals surface area contributed by atoms with Gasteiger partial charge in [-0.3, -0.25) is 0 Å². The second-order valence-electron chi connectivity index (χ2n) is 6.53. The van der Waals surface area contributed by atoms with E-state index in [1.165, 1.54) is 16.5 Å². The summed E-state index contributed by atoms with van der Waals surface area (Å²) in [6, 6.07) is 15.1. The molecule has 0 amide bonds. The van der Waals surface area contributed by atoms with E-state index in [1.807, 2.05) is 0 Å². The predicted molar refractivity (Wildman–Crippen MR) is 84.8 cm³/mol. The lowest BCUT2D eigenvalue weighted by molar-refractivity contribution is 0.723. The Morgan fingerprint density at radius 2 is 1.50 bits per heavy atom. The van der Waals surface area contributed by atoms with Crippen LogP contribution in [0.2, 0.25) is 18.1 Å². The Kier molecular flexibility index (Phi) is 3.24. The number of fused-ring (bicyclic) bond motifs is 1. The number of anilines is 1. The van der Waals surface area contributed by atoms with Crippen molar-refractivity contribution in [2.24, 2.45) is 0 Å². The van der Waals surface area contributed by atoms with Crippen molar-refractivity contribution in [3.05, 3.63) is 42.5 Å². The van der Waals surface area contributed by atoms with Crippen molar-refractivity contribution in [3.63, 3.8) is 0 Å². The largest absolute Gasteiger partial charge is 0.410 e. The van der Waals surface area contributed by atoms with Crippen LogP contribution >= 0.6 is 0 Å². The number of benzene rings is 2. The third-order valence-electron chi connectivity index (χ3n) is 4.11. The van der Waals surface area contributed by atoms with Crippen LogP contribution in [0.25, 0.3) is 10.8 Å². The highest BCUT2D eigenvalue weighted by atomic mass is 28.3. The van der Waals surface area contributed by atoms with Crippen LogP contribution in [-0.4, -0.2) is 8.24 Å². The third kappa shape index (κ3) is 2.44. The van der Waals surface area contributed by atoms with Crippen molar-refractivity contribution in [2.75, 3.05) is 4.98 Å². The molecule has 1 nitrogen and oxygen atoms in total. The Morgan fingerprint density at radius 1 is 0.889 bits per heavy atom. The Bertz CT molecular complexity index is 547. The Balaban J connectivity index is 2.44. The van der Waals surface area contributed by atoms with Gasteiger partial charge < -0.3 is 4.98 Å². The maximum absolute atomic E-state index is 3.84. The van der Waals surface area contributed by atoms with Gasteiger partial charge in [-0.15, -0.1) is 0 Å². The highest BCUT2D eigenvalue weighted by Crippen LogP contribution is 2.37. The zero-order valence-corrected chi connectivity index (χ0v) is 13.0. The van der Waals surface area contributed by atoms with Crippen LogP contribution in [0, 0.1) is 0 Å². The molecule has 0 atom stereocenters. The summed E-state index contributed by atoms with van der Waals surface area (Å²) < 4.78 is 0. The van der Waals surface area contributed by atoms with Crippen LogP contribution in [0.4, 0.5) is 5.69 Å². The molecule has 2 heteroatoms. The molecule has 1 N–H and O–H groups in total. The summed E-state index contributed by atoms with van der Waals surface area (Å²) in [5, 5.41) is 2.97. The maximum Gasteiger partial charge on any atom is 0.152 e. The number of hydrogen-bond acceptors (Lipinski definition) is 1. The second kappa shape index (κ2) is 4.43. The molecule has 0 heterocycles. The lowest BCUT2D eigenvalue weighted by Gasteiger charge is -2.38. The van der Waals surface area contributed by atoms with Gasteiger partial charge in [0.25, 0.3) is 0 Å². The van der Waals surface area contributed by atoms with Crippen LogP contribution in [0.1, 0.15) is 20.8 Å². The van der Waals surface area contributed by atoms with Gasteiger partial charge in [-0.2, -0.15) is 0 Å². The van der Waals surface area contributed by atoms with Gasteiger partial charge in [0, 0.05) is 11.1 Å². The molecular weight excluding hydrogens is 234 g/mol. The maximum atomic E-state index is 3.84. The molecule has 0 spiro atoms. The van der Waals surface area contributed by atoms with Crippen LogP contribution < -0.4 is 4.98 Å². The van der Waals surface area contributed by atoms with Crippen LogP contribution in [-0.2, 0) is 0 Å². The first kappa shape index (κ1) is 13.2. The summed E-state index contributed by atoms with van der Waals surface area (Å²) in [5.74, 6) is 0. The molecule has 2 rings (SSSR count). The minimum absolute atomic E-state index is 0.337. The van der Waals surface area contributed by atoms with E-state index in [4.69, 9.17) is 0 Å². The zero-order chi connectivity index (χ0) is 13.4. The molecule has 0 aliphatic carbocycles. The third-order valence-corrected chi connectivity index (χ3v) is 8.76. The summed E-state index contributed by atoms with van der Waals surface area (Å²) in [7, 11) is -1.51. The van der Waals surface area contributed by atoms with E-state index in [0.29, 0.717) is 5.04 Å². The van der Waals surface area contributed by atoms with E-state index in [2.05, 4.69) is 81.3 Å². The van der Waals surface area contributed by atoms with Gasteiger partial charge in [0.1, 0.15) is 0 Å². The van der Waals surface area contributed by atoms with Gasteiger partial charge in [-0.05, 0) is 16.5 Å². The monoisotopic (exact) mass is 257 g/mol. The van der Waals surface area contributed by atoms with Crippen molar-refractivity contribution >= 4 is 24.7 Å². The summed E-state index contributed by atoms with van der Waals surface area (Å²) in [4.78, 5) is 3.84. The van der Waals surface area contributed by atoms with E-state index in [-0.39, 0.29) is 0 Å². The SMILES string of the molecule is CC(C)(C)[Si](C)(C)Nc1cccc2ccccc12. The Hall–Kier alpha value is -1.28. The first-order valence-corrected chi connectivity index (χ1v) is 9.57. The molecule has 0 unspecified atom stereocenters. The number of rotatable bonds is 2. The normalized spacial score (nSPS) is 12.7. The van der Waals surface area contributed by atoms with Gasteiger partial charge in [0.2, 0.25) is 0 Å². The summed E-state index contributed by atoms with van der Waals surface area (Å²) in [6.45, 7) is 11.8. The Labute approximate surface area is 111 Å². The molecule has 0 saturated heterocycles. The van der Waals surface area contributed by atoms with Gasteiger partial charge >= 0.3 is 0 Å². The van der Waals surface area contributed by atoms with Crippen LogP contribution in [0.5, 0.6) is 0 Å². The standard InChI is InChI=1S/C16H23NSi/c1-16(2,3)18(4,5)17-15-12-8-10-13-9-6-7-11-14(13)15/h6-12,17H,1-5H3. The molecule has 0 radical (unpaired) electrons. The summed E-state index contributed by atoms with van der Waals surface area (Å²) in [5.41, 5.74) is 1.28. The fraction of sp³-hybridized carbons (Fsp3) is 0.375. The fourth-order valence-electron chi connectivity index (χ4n) is 1.86. The minimum Gasteiger partial charge on any atom is -0.410 e. The van der Waals surface area contributed by atoms with Crippen LogP contribution in [0.15, 0.2) is 42.5 Å². The molecule has 0 fully saturated rings. The average Bonchev–Trinajstić information content (AvgIpc) is 2.27. The molecule has 0 saturated carbocycles. The molecule has 2 aromatic carbocycles. The first-order chi connectivity index (χ1) is 8.31. The molecule has 0 aliphatic rings. The highest BCUT2D eigenvalue weighted by molar-refractivity contribution is 6.83. The number of hydrogen-bond donors (Lipinski definition) is 1. The molecule has 0 aromatic heterocycles. The molecule has 18 heavy (non-hydrogen) atoms. The van der Waals surface area contributed by atoms with E-state index in [9.17, 15) is 0 Å². The zero-order valence-electron chi connectivity index (χ0n) is 12.0. The molecule has 0 bridgehead atoms. The predicted octanol–water partition coefficient (Wildman–Crippen LogP) is 5.26. The van der Waals surface area contributed by atoms with E-state index in [0.717, 1.165) is 0 Å². The van der Waals surface area contributed by atoms with Gasteiger partial charge in [0.05, 0.1) is 0 Å². The molecule has 0 aliphatic heterocycles. The summed E-state index contributed by atoms with van der Waals surface area (Å²) in [6.07, 6.45) is 0. The lowest BCUT2D eigenvalue weighted by atomic mass is 10.1. The van der Waals surface area contributed by atoms with Crippen molar-refractivity contribution in [1.29, 1.82) is 0 Å². The van der Waals surface area contributed by atoms with E-state index >= 15 is 0 Å². The molecular formula is C16H23NSi. The van der Waals surface area contributed by atoms with Gasteiger partial charge in [0.15, 0.2) is 8.24 Å². The van der Waals surface area contributed by atoms with Gasteiger partial charge in [-0.25, -0.2) is 0 Å². The van der Waals surface area contributed by atoms with Crippen LogP contribution in [0.3, 0.4) is 0 Å². The average molecular weight is 257 g/mol. The fourth-order valence-corrected chi connectivity index (χ4v) is 3.12. The quantitative estimate of drug-likeness (QED) is 0.724. The Morgan fingerprint density at radius 3 is 2.17 bits per heavy atom. The summed E-state index contributed by atoms with van der Waals surface area (Å²) >= 11 is 0. The molecule has 2 aromatic rings. The first-order valence-electron chi connectivity index (χ1n) is 6.57. The lowest BCUT2D eigenvalue weighted by Crippen LogP contribution is -2.45. The topological polar surface area (TPSA) is 12.0 Å². The van der Waals surface area contributed by atoms with Gasteiger partial charge in [-0.1, -0.05) is 70.3 Å². The van der Waals surface area contributed by atoms with Crippen molar-refractivity contribution in [1.82, 2.24) is 0 Å². The number of nitrogens with one attached hydrogen (secondary N) is 1. The smallest absolute Gasteiger partial charge is 0.152 e. The highest BCUT2D eigenvalue weighted by Gasteiger charge is 2.35. The minimum atomic E-state index is -1.51. The molecule has 96 valence electrons. The van der Waals surface area contributed by atoms with E-state index in [1.54, 1.807) is 0 Å². The van der Waals surface area contributed by atoms with Crippen molar-refractivity contribution in [2.45, 2.75) is 38.9 Å². The van der Waals surface area contributed by atoms with Crippen molar-refractivity contribution in [3.8, 4) is 0 Å². The van der Waals surface area contributed by atoms with E-state index < -0.39 is 8.24 Å². The van der Waals surface area contributed by atoms with Crippen molar-refractivity contribution < 1.29 is 0 Å².